The van der Waals surface area contributed by atoms with E-state index >= 15 is 0 Å². The van der Waals surface area contributed by atoms with Crippen molar-refractivity contribution in [2.45, 2.75) is 20.4 Å². The number of carbonyl (C=O) groups excluding carboxylic acids is 2. The third-order valence-electron chi connectivity index (χ3n) is 4.45. The minimum absolute atomic E-state index is 0.0433. The molecule has 1 aromatic carbocycles. The molecule has 7 heteroatoms. The van der Waals surface area contributed by atoms with Gasteiger partial charge in [-0.05, 0) is 12.5 Å². The zero-order chi connectivity index (χ0) is 18.5. The number of aryl methyl sites for hydroxylation is 1. The Bertz CT molecular complexity index is 800. The summed E-state index contributed by atoms with van der Waals surface area (Å²) in [5.41, 5.74) is 2.72. The van der Waals surface area contributed by atoms with Crippen molar-refractivity contribution in [3.63, 3.8) is 0 Å². The summed E-state index contributed by atoms with van der Waals surface area (Å²) >= 11 is 0. The molecule has 0 spiro atoms. The molecule has 0 unspecified atom stereocenters. The lowest BCUT2D eigenvalue weighted by Crippen LogP contribution is -2.50. The van der Waals surface area contributed by atoms with E-state index in [1.807, 2.05) is 12.1 Å². The number of rotatable bonds is 4. The predicted molar refractivity (Wildman–Crippen MR) is 98.7 cm³/mol. The van der Waals surface area contributed by atoms with Gasteiger partial charge in [-0.25, -0.2) is 9.97 Å². The van der Waals surface area contributed by atoms with Crippen molar-refractivity contribution in [1.29, 1.82) is 0 Å². The van der Waals surface area contributed by atoms with Crippen LogP contribution < -0.4 is 5.32 Å². The maximum Gasteiger partial charge on any atom is 0.272 e. The van der Waals surface area contributed by atoms with E-state index in [1.165, 1.54) is 11.9 Å². The molecule has 0 atom stereocenters. The van der Waals surface area contributed by atoms with Crippen LogP contribution in [0.4, 0.5) is 5.82 Å². The third-order valence-corrected chi connectivity index (χ3v) is 4.45. The summed E-state index contributed by atoms with van der Waals surface area (Å²) in [6.07, 6.45) is 1.40. The predicted octanol–water partition coefficient (Wildman–Crippen LogP) is 1.70. The van der Waals surface area contributed by atoms with E-state index in [-0.39, 0.29) is 11.8 Å². The average molecular weight is 353 g/mol. The normalized spacial score (nSPS) is 14.2. The highest BCUT2D eigenvalue weighted by molar-refractivity contribution is 5.93. The first-order valence-electron chi connectivity index (χ1n) is 8.69. The van der Waals surface area contributed by atoms with Crippen LogP contribution in [0.25, 0.3) is 0 Å². The molecule has 1 aliphatic rings. The van der Waals surface area contributed by atoms with Crippen LogP contribution >= 0.6 is 0 Å². The summed E-state index contributed by atoms with van der Waals surface area (Å²) in [5, 5.41) is 3.23. The number of amides is 2. The second kappa shape index (κ2) is 7.95. The van der Waals surface area contributed by atoms with Gasteiger partial charge in [0.15, 0.2) is 0 Å². The summed E-state index contributed by atoms with van der Waals surface area (Å²) in [6, 6.07) is 9.89. The first kappa shape index (κ1) is 17.8. The second-order valence-electron chi connectivity index (χ2n) is 6.43. The largest absolute Gasteiger partial charge is 0.366 e. The molecule has 1 N–H and O–H groups in total. The number of anilines is 1. The van der Waals surface area contributed by atoms with Gasteiger partial charge in [0.1, 0.15) is 17.8 Å². The lowest BCUT2D eigenvalue weighted by molar-refractivity contribution is -0.130. The fourth-order valence-corrected chi connectivity index (χ4v) is 2.97. The van der Waals surface area contributed by atoms with Crippen LogP contribution in [0.1, 0.15) is 28.5 Å². The summed E-state index contributed by atoms with van der Waals surface area (Å²) < 4.78 is 0. The molecule has 2 heterocycles. The molecule has 136 valence electrons. The fourth-order valence-electron chi connectivity index (χ4n) is 2.97. The molecule has 7 nitrogen and oxygen atoms in total. The number of nitrogens with zero attached hydrogens (tertiary/aromatic N) is 4. The van der Waals surface area contributed by atoms with Crippen LogP contribution in [-0.4, -0.2) is 57.8 Å². The number of piperazine rings is 1. The molecule has 1 aliphatic heterocycles. The van der Waals surface area contributed by atoms with Gasteiger partial charge in [0.25, 0.3) is 5.91 Å². The maximum atomic E-state index is 12.7. The first-order valence-corrected chi connectivity index (χ1v) is 8.69. The number of hydrogen-bond donors (Lipinski definition) is 1. The van der Waals surface area contributed by atoms with E-state index in [9.17, 15) is 9.59 Å². The third kappa shape index (κ3) is 4.36. The maximum absolute atomic E-state index is 12.7. The van der Waals surface area contributed by atoms with Crippen molar-refractivity contribution in [3.05, 3.63) is 53.5 Å². The van der Waals surface area contributed by atoms with Crippen LogP contribution in [-0.2, 0) is 11.3 Å². The highest BCUT2D eigenvalue weighted by Crippen LogP contribution is 2.12. The zero-order valence-corrected chi connectivity index (χ0v) is 15.1. The summed E-state index contributed by atoms with van der Waals surface area (Å²) in [5.74, 6) is 0.531. The van der Waals surface area contributed by atoms with Crippen molar-refractivity contribution in [2.75, 3.05) is 31.5 Å². The van der Waals surface area contributed by atoms with Crippen molar-refractivity contribution >= 4 is 17.6 Å². The van der Waals surface area contributed by atoms with Crippen molar-refractivity contribution in [3.8, 4) is 0 Å². The van der Waals surface area contributed by atoms with Gasteiger partial charge < -0.3 is 15.1 Å². The average Bonchev–Trinajstić information content (AvgIpc) is 2.66. The molecule has 1 aromatic heterocycles. The Morgan fingerprint density at radius 3 is 2.50 bits per heavy atom. The fraction of sp³-hybridized carbons (Fsp3) is 0.368. The summed E-state index contributed by atoms with van der Waals surface area (Å²) in [6.45, 7) is 6.40. The van der Waals surface area contributed by atoms with Gasteiger partial charge in [0.05, 0.1) is 0 Å². The Morgan fingerprint density at radius 2 is 1.81 bits per heavy atom. The van der Waals surface area contributed by atoms with Crippen molar-refractivity contribution < 1.29 is 9.59 Å². The highest BCUT2D eigenvalue weighted by Gasteiger charge is 2.24. The monoisotopic (exact) mass is 353 g/mol. The van der Waals surface area contributed by atoms with Gasteiger partial charge in [0.2, 0.25) is 5.91 Å². The van der Waals surface area contributed by atoms with Gasteiger partial charge in [-0.3, -0.25) is 9.59 Å². The summed E-state index contributed by atoms with van der Waals surface area (Å²) in [7, 11) is 0. The molecule has 0 radical (unpaired) electrons. The van der Waals surface area contributed by atoms with Crippen molar-refractivity contribution in [2.24, 2.45) is 0 Å². The second-order valence-corrected chi connectivity index (χ2v) is 6.43. The number of nitrogens with one attached hydrogen (secondary N) is 1. The SMILES string of the molecule is CC(=O)N1CCN(C(=O)c2cc(NCc3cccc(C)c3)ncn2)CC1. The molecular weight excluding hydrogens is 330 g/mol. The Kier molecular flexibility index (Phi) is 5.46. The summed E-state index contributed by atoms with van der Waals surface area (Å²) in [4.78, 5) is 35.8. The van der Waals surface area contributed by atoms with E-state index in [0.29, 0.717) is 44.2 Å². The molecule has 2 aromatic rings. The molecule has 0 aliphatic carbocycles. The molecule has 2 amide bonds. The van der Waals surface area contributed by atoms with Crippen LogP contribution in [0, 0.1) is 6.92 Å². The molecule has 1 fully saturated rings. The Morgan fingerprint density at radius 1 is 1.08 bits per heavy atom. The van der Waals surface area contributed by atoms with E-state index in [4.69, 9.17) is 0 Å². The zero-order valence-electron chi connectivity index (χ0n) is 15.1. The molecule has 0 saturated carbocycles. The smallest absolute Gasteiger partial charge is 0.272 e. The van der Waals surface area contributed by atoms with Crippen LogP contribution in [0.2, 0.25) is 0 Å². The van der Waals surface area contributed by atoms with Crippen LogP contribution in [0.5, 0.6) is 0 Å². The first-order chi connectivity index (χ1) is 12.5. The number of aromatic nitrogens is 2. The molecular formula is C19H23N5O2. The quantitative estimate of drug-likeness (QED) is 0.905. The lowest BCUT2D eigenvalue weighted by atomic mass is 10.1. The van der Waals surface area contributed by atoms with E-state index in [1.54, 1.807) is 22.8 Å². The number of carbonyl (C=O) groups is 2. The minimum atomic E-state index is -0.130. The van der Waals surface area contributed by atoms with Crippen LogP contribution in [0.15, 0.2) is 36.7 Å². The van der Waals surface area contributed by atoms with E-state index < -0.39 is 0 Å². The van der Waals surface area contributed by atoms with E-state index in [2.05, 4.69) is 34.3 Å². The minimum Gasteiger partial charge on any atom is -0.366 e. The Labute approximate surface area is 153 Å². The standard InChI is InChI=1S/C19H23N5O2/c1-14-4-3-5-16(10-14)12-20-18-11-17(21-13-22-18)19(26)24-8-6-23(7-9-24)15(2)25/h3-5,10-11,13H,6-9,12H2,1-2H3,(H,20,21,22). The van der Waals surface area contributed by atoms with Gasteiger partial charge in [-0.15, -0.1) is 0 Å². The number of hydrogen-bond acceptors (Lipinski definition) is 5. The highest BCUT2D eigenvalue weighted by atomic mass is 16.2. The Hall–Kier alpha value is -2.96. The lowest BCUT2D eigenvalue weighted by Gasteiger charge is -2.34. The molecule has 3 rings (SSSR count). The van der Waals surface area contributed by atoms with Gasteiger partial charge in [0, 0.05) is 45.7 Å². The Balaban J connectivity index is 1.61. The van der Waals surface area contributed by atoms with Crippen molar-refractivity contribution in [1.82, 2.24) is 19.8 Å². The van der Waals surface area contributed by atoms with Crippen LogP contribution in [0.3, 0.4) is 0 Å². The van der Waals surface area contributed by atoms with Gasteiger partial charge in [-0.2, -0.15) is 0 Å². The number of benzene rings is 1. The van der Waals surface area contributed by atoms with Gasteiger partial charge >= 0.3 is 0 Å². The topological polar surface area (TPSA) is 78.4 Å². The molecule has 0 bridgehead atoms. The molecule has 26 heavy (non-hydrogen) atoms. The van der Waals surface area contributed by atoms with E-state index in [0.717, 1.165) is 5.56 Å². The molecule has 1 saturated heterocycles. The van der Waals surface area contributed by atoms with Gasteiger partial charge in [-0.1, -0.05) is 29.8 Å².